The number of nitrogens with zero attached hydrogens (tertiary/aromatic N) is 1. The number of nitrogens with one attached hydrogen (secondary N) is 1. The quantitative estimate of drug-likeness (QED) is 0.808. The minimum atomic E-state index is -3.46. The van der Waals surface area contributed by atoms with Crippen LogP contribution in [-0.4, -0.2) is 19.7 Å². The summed E-state index contributed by atoms with van der Waals surface area (Å²) in [7, 11) is -3.46. The lowest BCUT2D eigenvalue weighted by Crippen LogP contribution is -2.42. The number of hydrogen-bond donors (Lipinski definition) is 1. The Labute approximate surface area is 111 Å². The molecule has 104 valence electrons. The van der Waals surface area contributed by atoms with Crippen LogP contribution in [0, 0.1) is 17.2 Å². The molecular formula is C13H24N2O2S. The molecule has 5 heteroatoms. The third kappa shape index (κ3) is 4.25. The van der Waals surface area contributed by atoms with Gasteiger partial charge in [0.05, 0.1) is 6.07 Å². The first kappa shape index (κ1) is 15.5. The van der Waals surface area contributed by atoms with Gasteiger partial charge in [-0.1, -0.05) is 26.7 Å². The molecule has 0 amide bonds. The maximum atomic E-state index is 11.9. The largest absolute Gasteiger partial charge is 0.228 e. The molecule has 1 aliphatic rings. The number of sulfonamides is 1. The van der Waals surface area contributed by atoms with E-state index in [-0.39, 0.29) is 6.04 Å². The molecule has 0 aliphatic heterocycles. The van der Waals surface area contributed by atoms with Gasteiger partial charge in [-0.15, -0.1) is 0 Å². The molecule has 1 aliphatic carbocycles. The van der Waals surface area contributed by atoms with Crippen molar-refractivity contribution in [3.8, 4) is 6.07 Å². The molecule has 4 nitrogen and oxygen atoms in total. The smallest absolute Gasteiger partial charge is 0.211 e. The second kappa shape index (κ2) is 7.10. The molecule has 0 spiro atoms. The summed E-state index contributed by atoms with van der Waals surface area (Å²) in [5, 5.41) is 7.92. The fourth-order valence-corrected chi connectivity index (χ4v) is 4.11. The van der Waals surface area contributed by atoms with Crippen LogP contribution in [0.1, 0.15) is 58.8 Å². The lowest BCUT2D eigenvalue weighted by molar-refractivity contribution is 0.297. The van der Waals surface area contributed by atoms with Crippen LogP contribution in [0.5, 0.6) is 0 Å². The van der Waals surface area contributed by atoms with Crippen LogP contribution in [0.15, 0.2) is 0 Å². The molecule has 1 fully saturated rings. The van der Waals surface area contributed by atoms with Crippen molar-refractivity contribution in [2.24, 2.45) is 5.92 Å². The van der Waals surface area contributed by atoms with Crippen molar-refractivity contribution in [2.75, 3.05) is 0 Å². The van der Waals surface area contributed by atoms with Crippen molar-refractivity contribution in [3.05, 3.63) is 0 Å². The second-order valence-electron chi connectivity index (χ2n) is 5.20. The molecule has 1 atom stereocenters. The summed E-state index contributed by atoms with van der Waals surface area (Å²) >= 11 is 0. The van der Waals surface area contributed by atoms with Gasteiger partial charge in [0.2, 0.25) is 10.0 Å². The van der Waals surface area contributed by atoms with Crippen molar-refractivity contribution < 1.29 is 8.42 Å². The first-order chi connectivity index (χ1) is 8.53. The van der Waals surface area contributed by atoms with Gasteiger partial charge in [0.25, 0.3) is 0 Å². The summed E-state index contributed by atoms with van der Waals surface area (Å²) < 4.78 is 26.6. The molecule has 1 rings (SSSR count). The van der Waals surface area contributed by atoms with Crippen LogP contribution in [0.25, 0.3) is 0 Å². The van der Waals surface area contributed by atoms with Crippen LogP contribution < -0.4 is 4.72 Å². The Morgan fingerprint density at radius 2 is 1.89 bits per heavy atom. The van der Waals surface area contributed by atoms with Gasteiger partial charge < -0.3 is 0 Å². The predicted molar refractivity (Wildman–Crippen MR) is 72.4 cm³/mol. The number of nitriles is 1. The van der Waals surface area contributed by atoms with E-state index in [2.05, 4.69) is 11.6 Å². The standard InChI is InChI=1S/C13H24N2O2S/c1-3-5-11-6-8-12(9-7-11)15-18(16,17)13(4-2)10-14/h11-13,15H,3-9H2,1-2H3. The third-order valence-electron chi connectivity index (χ3n) is 3.76. The van der Waals surface area contributed by atoms with E-state index >= 15 is 0 Å². The molecule has 0 saturated heterocycles. The first-order valence-corrected chi connectivity index (χ1v) is 8.48. The van der Waals surface area contributed by atoms with Gasteiger partial charge in [-0.2, -0.15) is 5.26 Å². The monoisotopic (exact) mass is 272 g/mol. The average molecular weight is 272 g/mol. The Morgan fingerprint density at radius 1 is 1.28 bits per heavy atom. The van der Waals surface area contributed by atoms with Gasteiger partial charge in [0, 0.05) is 6.04 Å². The van der Waals surface area contributed by atoms with Crippen molar-refractivity contribution in [2.45, 2.75) is 70.1 Å². The van der Waals surface area contributed by atoms with E-state index in [9.17, 15) is 8.42 Å². The van der Waals surface area contributed by atoms with E-state index in [0.717, 1.165) is 31.6 Å². The van der Waals surface area contributed by atoms with Gasteiger partial charge in [-0.25, -0.2) is 13.1 Å². The molecular weight excluding hydrogens is 248 g/mol. The van der Waals surface area contributed by atoms with Crippen molar-refractivity contribution in [1.29, 1.82) is 5.26 Å². The topological polar surface area (TPSA) is 70.0 Å². The zero-order valence-electron chi connectivity index (χ0n) is 11.4. The van der Waals surface area contributed by atoms with Crippen LogP contribution in [0.4, 0.5) is 0 Å². The second-order valence-corrected chi connectivity index (χ2v) is 7.09. The SMILES string of the molecule is CCCC1CCC(NS(=O)(=O)C(C#N)CC)CC1. The van der Waals surface area contributed by atoms with E-state index in [1.165, 1.54) is 12.8 Å². The summed E-state index contributed by atoms with van der Waals surface area (Å²) in [6.45, 7) is 3.92. The summed E-state index contributed by atoms with van der Waals surface area (Å²) in [5.74, 6) is 0.758. The average Bonchev–Trinajstić information content (AvgIpc) is 2.33. The number of hydrogen-bond acceptors (Lipinski definition) is 3. The highest BCUT2D eigenvalue weighted by Gasteiger charge is 2.29. The van der Waals surface area contributed by atoms with E-state index < -0.39 is 15.3 Å². The molecule has 0 radical (unpaired) electrons. The molecule has 1 N–H and O–H groups in total. The lowest BCUT2D eigenvalue weighted by Gasteiger charge is -2.29. The third-order valence-corrected chi connectivity index (χ3v) is 5.61. The van der Waals surface area contributed by atoms with Crippen LogP contribution in [0.2, 0.25) is 0 Å². The van der Waals surface area contributed by atoms with Crippen LogP contribution in [0.3, 0.4) is 0 Å². The summed E-state index contributed by atoms with van der Waals surface area (Å²) in [5.41, 5.74) is 0. The van der Waals surface area contributed by atoms with Crippen molar-refractivity contribution in [1.82, 2.24) is 4.72 Å². The highest BCUT2D eigenvalue weighted by Crippen LogP contribution is 2.28. The molecule has 0 aromatic carbocycles. The highest BCUT2D eigenvalue weighted by molar-refractivity contribution is 7.90. The van der Waals surface area contributed by atoms with Crippen molar-refractivity contribution in [3.63, 3.8) is 0 Å². The maximum Gasteiger partial charge on any atom is 0.228 e. The highest BCUT2D eigenvalue weighted by atomic mass is 32.2. The zero-order valence-corrected chi connectivity index (χ0v) is 12.2. The van der Waals surface area contributed by atoms with Gasteiger partial charge in [-0.05, 0) is 38.0 Å². The Morgan fingerprint density at radius 3 is 2.33 bits per heavy atom. The van der Waals surface area contributed by atoms with E-state index in [0.29, 0.717) is 6.42 Å². The normalized spacial score (nSPS) is 26.5. The summed E-state index contributed by atoms with van der Waals surface area (Å²) in [6, 6.07) is 1.89. The Balaban J connectivity index is 2.48. The van der Waals surface area contributed by atoms with Crippen LogP contribution in [-0.2, 0) is 10.0 Å². The summed E-state index contributed by atoms with van der Waals surface area (Å²) in [6.07, 6.45) is 6.81. The molecule has 18 heavy (non-hydrogen) atoms. The summed E-state index contributed by atoms with van der Waals surface area (Å²) in [4.78, 5) is 0. The lowest BCUT2D eigenvalue weighted by atomic mass is 9.84. The van der Waals surface area contributed by atoms with E-state index in [1.54, 1.807) is 6.92 Å². The minimum Gasteiger partial charge on any atom is -0.211 e. The Hall–Kier alpha value is -0.600. The van der Waals surface area contributed by atoms with Gasteiger partial charge >= 0.3 is 0 Å². The molecule has 1 saturated carbocycles. The van der Waals surface area contributed by atoms with Gasteiger partial charge in [0.15, 0.2) is 5.25 Å². The maximum absolute atomic E-state index is 11.9. The predicted octanol–water partition coefficient (Wildman–Crippen LogP) is 2.57. The number of rotatable bonds is 6. The van der Waals surface area contributed by atoms with Crippen LogP contribution >= 0.6 is 0 Å². The molecule has 0 aromatic rings. The minimum absolute atomic E-state index is 0.0329. The van der Waals surface area contributed by atoms with E-state index in [4.69, 9.17) is 5.26 Å². The molecule has 0 bridgehead atoms. The molecule has 0 heterocycles. The zero-order chi connectivity index (χ0) is 13.6. The Bertz CT molecular complexity index is 378. The van der Waals surface area contributed by atoms with Gasteiger partial charge in [0.1, 0.15) is 0 Å². The molecule has 1 unspecified atom stereocenters. The van der Waals surface area contributed by atoms with Gasteiger partial charge in [-0.3, -0.25) is 0 Å². The first-order valence-electron chi connectivity index (χ1n) is 6.94. The fourth-order valence-electron chi connectivity index (χ4n) is 2.67. The fraction of sp³-hybridized carbons (Fsp3) is 0.923. The van der Waals surface area contributed by atoms with Crippen molar-refractivity contribution >= 4 is 10.0 Å². The Kier molecular flexibility index (Phi) is 6.10. The molecule has 0 aromatic heterocycles. The van der Waals surface area contributed by atoms with E-state index in [1.807, 2.05) is 6.07 Å².